The van der Waals surface area contributed by atoms with Crippen LogP contribution in [0.15, 0.2) is 47.3 Å². The van der Waals surface area contributed by atoms with E-state index in [1.54, 1.807) is 12.1 Å². The summed E-state index contributed by atoms with van der Waals surface area (Å²) in [5.74, 6) is 0.691. The highest BCUT2D eigenvalue weighted by atomic mass is 35.5. The predicted octanol–water partition coefficient (Wildman–Crippen LogP) is 3.80. The standard InChI is InChI=1S/C17H16ClN3O/c1-3-16-19-15-9-4-11(2)10-14(15)17(22)21(16)20-13-7-5-12(18)6-8-13/h4-10,20H,3H2,1-2H3. The molecule has 0 aliphatic heterocycles. The Bertz CT molecular complexity index is 885. The number of aromatic nitrogens is 2. The molecular formula is C17H16ClN3O. The number of benzene rings is 2. The summed E-state index contributed by atoms with van der Waals surface area (Å²) >= 11 is 5.89. The smallest absolute Gasteiger partial charge is 0.280 e. The lowest BCUT2D eigenvalue weighted by molar-refractivity contribution is 0.780. The minimum absolute atomic E-state index is 0.0968. The number of nitrogens with zero attached hydrogens (tertiary/aromatic N) is 2. The fraction of sp³-hybridized carbons (Fsp3) is 0.176. The second kappa shape index (κ2) is 5.81. The first-order valence-corrected chi connectivity index (χ1v) is 7.51. The molecular weight excluding hydrogens is 298 g/mol. The van der Waals surface area contributed by atoms with Crippen LogP contribution in [0, 0.1) is 6.92 Å². The van der Waals surface area contributed by atoms with E-state index in [9.17, 15) is 4.79 Å². The van der Waals surface area contributed by atoms with E-state index in [4.69, 9.17) is 11.6 Å². The summed E-state index contributed by atoms with van der Waals surface area (Å²) in [5, 5.41) is 1.26. The van der Waals surface area contributed by atoms with Crippen LogP contribution < -0.4 is 11.0 Å². The van der Waals surface area contributed by atoms with Crippen molar-refractivity contribution in [3.63, 3.8) is 0 Å². The van der Waals surface area contributed by atoms with Crippen molar-refractivity contribution in [2.24, 2.45) is 0 Å². The Morgan fingerprint density at radius 3 is 2.59 bits per heavy atom. The lowest BCUT2D eigenvalue weighted by Crippen LogP contribution is -2.30. The topological polar surface area (TPSA) is 46.9 Å². The minimum Gasteiger partial charge on any atom is -0.290 e. The SMILES string of the molecule is CCc1nc2ccc(C)cc2c(=O)n1Nc1ccc(Cl)cc1. The van der Waals surface area contributed by atoms with Crippen LogP contribution in [0.2, 0.25) is 5.02 Å². The van der Waals surface area contributed by atoms with Crippen LogP contribution in [0.3, 0.4) is 0 Å². The van der Waals surface area contributed by atoms with E-state index in [-0.39, 0.29) is 5.56 Å². The van der Waals surface area contributed by atoms with Gasteiger partial charge in [-0.25, -0.2) is 9.66 Å². The van der Waals surface area contributed by atoms with Crippen LogP contribution in [-0.4, -0.2) is 9.66 Å². The minimum atomic E-state index is -0.0968. The number of hydrogen-bond acceptors (Lipinski definition) is 3. The molecule has 3 rings (SSSR count). The summed E-state index contributed by atoms with van der Waals surface area (Å²) in [7, 11) is 0. The number of hydrogen-bond donors (Lipinski definition) is 1. The Balaban J connectivity index is 2.16. The molecule has 0 saturated carbocycles. The van der Waals surface area contributed by atoms with E-state index in [0.29, 0.717) is 22.7 Å². The van der Waals surface area contributed by atoms with Gasteiger partial charge in [-0.1, -0.05) is 30.2 Å². The van der Waals surface area contributed by atoms with Gasteiger partial charge in [-0.3, -0.25) is 10.2 Å². The van der Waals surface area contributed by atoms with E-state index in [1.165, 1.54) is 4.68 Å². The highest BCUT2D eigenvalue weighted by Crippen LogP contribution is 2.15. The molecule has 4 nitrogen and oxygen atoms in total. The summed E-state index contributed by atoms with van der Waals surface area (Å²) in [4.78, 5) is 17.3. The van der Waals surface area contributed by atoms with E-state index >= 15 is 0 Å². The van der Waals surface area contributed by atoms with Gasteiger partial charge in [0.05, 0.1) is 16.6 Å². The molecule has 1 N–H and O–H groups in total. The molecule has 22 heavy (non-hydrogen) atoms. The number of rotatable bonds is 3. The Labute approximate surface area is 133 Å². The van der Waals surface area contributed by atoms with Crippen molar-refractivity contribution in [2.75, 3.05) is 5.43 Å². The largest absolute Gasteiger partial charge is 0.290 e. The lowest BCUT2D eigenvalue weighted by atomic mass is 10.1. The molecule has 0 atom stereocenters. The van der Waals surface area contributed by atoms with Crippen LogP contribution in [0.5, 0.6) is 0 Å². The van der Waals surface area contributed by atoms with Gasteiger partial charge in [0, 0.05) is 11.4 Å². The second-order valence-corrected chi connectivity index (χ2v) is 5.60. The van der Waals surface area contributed by atoms with E-state index in [0.717, 1.165) is 16.8 Å². The normalized spacial score (nSPS) is 10.9. The van der Waals surface area contributed by atoms with E-state index < -0.39 is 0 Å². The monoisotopic (exact) mass is 313 g/mol. The maximum atomic E-state index is 12.8. The third kappa shape index (κ3) is 2.70. The van der Waals surface area contributed by atoms with Gasteiger partial charge in [0.2, 0.25) is 0 Å². The first kappa shape index (κ1) is 14.6. The Kier molecular flexibility index (Phi) is 3.86. The number of aryl methyl sites for hydroxylation is 2. The quantitative estimate of drug-likeness (QED) is 0.800. The molecule has 0 bridgehead atoms. The van der Waals surface area contributed by atoms with Gasteiger partial charge in [0.1, 0.15) is 5.82 Å². The van der Waals surface area contributed by atoms with Crippen LogP contribution in [0.25, 0.3) is 10.9 Å². The Morgan fingerprint density at radius 1 is 1.18 bits per heavy atom. The zero-order chi connectivity index (χ0) is 15.7. The van der Waals surface area contributed by atoms with Gasteiger partial charge in [0.15, 0.2) is 0 Å². The first-order chi connectivity index (χ1) is 10.6. The van der Waals surface area contributed by atoms with Gasteiger partial charge < -0.3 is 0 Å². The Morgan fingerprint density at radius 2 is 1.91 bits per heavy atom. The van der Waals surface area contributed by atoms with E-state index in [2.05, 4.69) is 10.4 Å². The van der Waals surface area contributed by atoms with Crippen LogP contribution in [-0.2, 0) is 6.42 Å². The molecule has 0 amide bonds. The molecule has 0 radical (unpaired) electrons. The molecule has 0 aliphatic rings. The summed E-state index contributed by atoms with van der Waals surface area (Å²) in [6.45, 7) is 3.94. The van der Waals surface area contributed by atoms with Crippen molar-refractivity contribution in [1.82, 2.24) is 9.66 Å². The van der Waals surface area contributed by atoms with Crippen molar-refractivity contribution in [1.29, 1.82) is 0 Å². The lowest BCUT2D eigenvalue weighted by Gasteiger charge is -2.14. The molecule has 2 aromatic carbocycles. The molecule has 0 unspecified atom stereocenters. The highest BCUT2D eigenvalue weighted by molar-refractivity contribution is 6.30. The molecule has 3 aromatic rings. The fourth-order valence-corrected chi connectivity index (χ4v) is 2.48. The predicted molar refractivity (Wildman–Crippen MR) is 90.6 cm³/mol. The van der Waals surface area contributed by atoms with Crippen LogP contribution in [0.4, 0.5) is 5.69 Å². The van der Waals surface area contributed by atoms with Gasteiger partial charge >= 0.3 is 0 Å². The van der Waals surface area contributed by atoms with Crippen molar-refractivity contribution in [2.45, 2.75) is 20.3 Å². The van der Waals surface area contributed by atoms with Gasteiger partial charge in [-0.15, -0.1) is 0 Å². The summed E-state index contributed by atoms with van der Waals surface area (Å²) in [6.07, 6.45) is 0.652. The highest BCUT2D eigenvalue weighted by Gasteiger charge is 2.10. The zero-order valence-corrected chi connectivity index (χ0v) is 13.2. The molecule has 112 valence electrons. The Hall–Kier alpha value is -2.33. The molecule has 5 heteroatoms. The second-order valence-electron chi connectivity index (χ2n) is 5.16. The summed E-state index contributed by atoms with van der Waals surface area (Å²) in [6, 6.07) is 12.9. The number of fused-ring (bicyclic) bond motifs is 1. The van der Waals surface area contributed by atoms with Crippen molar-refractivity contribution >= 4 is 28.2 Å². The maximum absolute atomic E-state index is 12.8. The third-order valence-corrected chi connectivity index (χ3v) is 3.75. The average Bonchev–Trinajstić information content (AvgIpc) is 2.52. The zero-order valence-electron chi connectivity index (χ0n) is 12.4. The average molecular weight is 314 g/mol. The summed E-state index contributed by atoms with van der Waals surface area (Å²) in [5.41, 5.74) is 5.56. The number of halogens is 1. The first-order valence-electron chi connectivity index (χ1n) is 7.13. The van der Waals surface area contributed by atoms with Gasteiger partial charge in [0.25, 0.3) is 5.56 Å². The van der Waals surface area contributed by atoms with Crippen molar-refractivity contribution in [3.8, 4) is 0 Å². The van der Waals surface area contributed by atoms with Gasteiger partial charge in [-0.2, -0.15) is 0 Å². The molecule has 0 saturated heterocycles. The maximum Gasteiger partial charge on any atom is 0.280 e. The molecule has 0 spiro atoms. The summed E-state index contributed by atoms with van der Waals surface area (Å²) < 4.78 is 1.50. The van der Waals surface area contributed by atoms with Crippen LogP contribution >= 0.6 is 11.6 Å². The number of nitrogens with one attached hydrogen (secondary N) is 1. The van der Waals surface area contributed by atoms with Crippen molar-refractivity contribution in [3.05, 3.63) is 69.2 Å². The molecule has 0 fully saturated rings. The molecule has 0 aliphatic carbocycles. The van der Waals surface area contributed by atoms with E-state index in [1.807, 2.05) is 44.2 Å². The van der Waals surface area contributed by atoms with Gasteiger partial charge in [-0.05, 0) is 43.3 Å². The molecule has 1 heterocycles. The fourth-order valence-electron chi connectivity index (χ4n) is 2.35. The van der Waals surface area contributed by atoms with Crippen molar-refractivity contribution < 1.29 is 0 Å². The number of anilines is 1. The molecule has 1 aromatic heterocycles. The third-order valence-electron chi connectivity index (χ3n) is 3.49. The van der Waals surface area contributed by atoms with Crippen LogP contribution in [0.1, 0.15) is 18.3 Å².